The van der Waals surface area contributed by atoms with Gasteiger partial charge in [-0.2, -0.15) is 0 Å². The topological polar surface area (TPSA) is 77.0 Å². The van der Waals surface area contributed by atoms with Crippen molar-refractivity contribution in [2.24, 2.45) is 0 Å². The van der Waals surface area contributed by atoms with Crippen LogP contribution in [0.3, 0.4) is 0 Å². The van der Waals surface area contributed by atoms with E-state index in [0.717, 1.165) is 11.1 Å². The zero-order valence-electron chi connectivity index (χ0n) is 13.1. The zero-order valence-corrected chi connectivity index (χ0v) is 13.1. The number of nitrogens with zero attached hydrogens (tertiary/aromatic N) is 3. The van der Waals surface area contributed by atoms with Gasteiger partial charge in [0.15, 0.2) is 0 Å². The molecule has 1 N–H and O–H groups in total. The summed E-state index contributed by atoms with van der Waals surface area (Å²) in [6.45, 7) is 0.425. The molecule has 6 heteroatoms. The highest BCUT2D eigenvalue weighted by Crippen LogP contribution is 2.19. The number of pyridine rings is 3. The Kier molecular flexibility index (Phi) is 4.76. The van der Waals surface area contributed by atoms with Crippen LogP contribution in [0.1, 0.15) is 15.9 Å². The maximum atomic E-state index is 12.3. The van der Waals surface area contributed by atoms with Gasteiger partial charge in [-0.25, -0.2) is 4.98 Å². The van der Waals surface area contributed by atoms with E-state index < -0.39 is 0 Å². The molecule has 0 fully saturated rings. The molecule has 3 rings (SSSR count). The normalized spacial score (nSPS) is 10.2. The van der Waals surface area contributed by atoms with E-state index in [1.54, 1.807) is 50.1 Å². The fourth-order valence-electron chi connectivity index (χ4n) is 2.17. The van der Waals surface area contributed by atoms with Gasteiger partial charge in [-0.1, -0.05) is 6.07 Å². The van der Waals surface area contributed by atoms with Gasteiger partial charge in [0.05, 0.1) is 12.8 Å². The van der Waals surface area contributed by atoms with Crippen LogP contribution in [0.5, 0.6) is 5.88 Å². The minimum Gasteiger partial charge on any atom is -0.481 e. The number of hydrogen-bond donors (Lipinski definition) is 1. The van der Waals surface area contributed by atoms with Crippen molar-refractivity contribution in [2.45, 2.75) is 6.54 Å². The molecule has 3 aromatic rings. The molecule has 0 radical (unpaired) electrons. The molecular weight excluding hydrogens is 304 g/mol. The van der Waals surface area contributed by atoms with Crippen LogP contribution in [-0.2, 0) is 6.54 Å². The summed E-state index contributed by atoms with van der Waals surface area (Å²) in [6, 6.07) is 10.8. The van der Waals surface area contributed by atoms with Gasteiger partial charge in [-0.05, 0) is 29.8 Å². The van der Waals surface area contributed by atoms with Crippen molar-refractivity contribution in [1.29, 1.82) is 0 Å². The molecule has 120 valence electrons. The number of ether oxygens (including phenoxy) is 1. The Morgan fingerprint density at radius 1 is 1.12 bits per heavy atom. The standard InChI is InChI=1S/C18H16N4O2/c1-24-17-5-4-15(12-21-17)16-9-14(6-8-20-16)18(23)22-11-13-3-2-7-19-10-13/h2-10,12H,11H2,1H3,(H,22,23). The van der Waals surface area contributed by atoms with E-state index in [2.05, 4.69) is 20.3 Å². The fraction of sp³-hybridized carbons (Fsp3) is 0.111. The lowest BCUT2D eigenvalue weighted by Crippen LogP contribution is -2.22. The van der Waals surface area contributed by atoms with Gasteiger partial charge in [0.1, 0.15) is 0 Å². The van der Waals surface area contributed by atoms with Crippen molar-refractivity contribution in [1.82, 2.24) is 20.3 Å². The highest BCUT2D eigenvalue weighted by Gasteiger charge is 2.08. The van der Waals surface area contributed by atoms with Crippen molar-refractivity contribution in [3.8, 4) is 17.1 Å². The minimum absolute atomic E-state index is 0.163. The highest BCUT2D eigenvalue weighted by atomic mass is 16.5. The summed E-state index contributed by atoms with van der Waals surface area (Å²) in [5, 5.41) is 2.87. The monoisotopic (exact) mass is 320 g/mol. The van der Waals surface area contributed by atoms with Crippen LogP contribution in [-0.4, -0.2) is 28.0 Å². The summed E-state index contributed by atoms with van der Waals surface area (Å²) in [7, 11) is 1.56. The van der Waals surface area contributed by atoms with Gasteiger partial charge in [-0.15, -0.1) is 0 Å². The van der Waals surface area contributed by atoms with E-state index in [-0.39, 0.29) is 5.91 Å². The molecule has 0 aliphatic rings. The van der Waals surface area contributed by atoms with E-state index in [0.29, 0.717) is 23.7 Å². The van der Waals surface area contributed by atoms with Gasteiger partial charge in [0.25, 0.3) is 5.91 Å². The molecule has 0 aromatic carbocycles. The minimum atomic E-state index is -0.163. The number of amides is 1. The Balaban J connectivity index is 1.73. The third-order valence-electron chi connectivity index (χ3n) is 3.44. The number of carbonyl (C=O) groups excluding carboxylic acids is 1. The van der Waals surface area contributed by atoms with Crippen molar-refractivity contribution in [2.75, 3.05) is 7.11 Å². The smallest absolute Gasteiger partial charge is 0.251 e. The molecule has 3 heterocycles. The highest BCUT2D eigenvalue weighted by molar-refractivity contribution is 5.95. The van der Waals surface area contributed by atoms with Crippen LogP contribution in [0, 0.1) is 0 Å². The van der Waals surface area contributed by atoms with Crippen LogP contribution in [0.4, 0.5) is 0 Å². The molecule has 0 saturated carbocycles. The van der Waals surface area contributed by atoms with E-state index >= 15 is 0 Å². The summed E-state index contributed by atoms with van der Waals surface area (Å²) in [5.41, 5.74) is 2.98. The first-order valence-electron chi connectivity index (χ1n) is 7.40. The molecule has 0 atom stereocenters. The number of rotatable bonds is 5. The molecule has 6 nitrogen and oxygen atoms in total. The molecule has 0 bridgehead atoms. The first kappa shape index (κ1) is 15.6. The predicted molar refractivity (Wildman–Crippen MR) is 89.4 cm³/mol. The SMILES string of the molecule is COc1ccc(-c2cc(C(=O)NCc3cccnc3)ccn2)cn1. The van der Waals surface area contributed by atoms with E-state index in [1.807, 2.05) is 18.2 Å². The molecule has 0 spiro atoms. The molecule has 0 aliphatic carbocycles. The van der Waals surface area contributed by atoms with Crippen molar-refractivity contribution in [3.05, 3.63) is 72.3 Å². The van der Waals surface area contributed by atoms with Crippen LogP contribution >= 0.6 is 0 Å². The molecule has 0 aliphatic heterocycles. The number of methoxy groups -OCH3 is 1. The average Bonchev–Trinajstić information content (AvgIpc) is 2.67. The predicted octanol–water partition coefficient (Wildman–Crippen LogP) is 2.48. The zero-order chi connectivity index (χ0) is 16.8. The maximum Gasteiger partial charge on any atom is 0.251 e. The Bertz CT molecular complexity index is 820. The average molecular weight is 320 g/mol. The third-order valence-corrected chi connectivity index (χ3v) is 3.44. The van der Waals surface area contributed by atoms with Gasteiger partial charge < -0.3 is 10.1 Å². The summed E-state index contributed by atoms with van der Waals surface area (Å²) in [4.78, 5) is 24.8. The second-order valence-electron chi connectivity index (χ2n) is 5.06. The van der Waals surface area contributed by atoms with Crippen LogP contribution < -0.4 is 10.1 Å². The lowest BCUT2D eigenvalue weighted by Gasteiger charge is -2.07. The van der Waals surface area contributed by atoms with E-state index in [9.17, 15) is 4.79 Å². The Labute approximate surface area is 139 Å². The lowest BCUT2D eigenvalue weighted by atomic mass is 10.1. The Hall–Kier alpha value is -3.28. The van der Waals surface area contributed by atoms with Crippen molar-refractivity contribution in [3.63, 3.8) is 0 Å². The lowest BCUT2D eigenvalue weighted by molar-refractivity contribution is 0.0951. The number of nitrogens with one attached hydrogen (secondary N) is 1. The Morgan fingerprint density at radius 2 is 2.04 bits per heavy atom. The fourth-order valence-corrected chi connectivity index (χ4v) is 2.17. The molecular formula is C18H16N4O2. The summed E-state index contributed by atoms with van der Waals surface area (Å²) in [5.74, 6) is 0.369. The number of carbonyl (C=O) groups is 1. The Morgan fingerprint density at radius 3 is 2.75 bits per heavy atom. The number of hydrogen-bond acceptors (Lipinski definition) is 5. The maximum absolute atomic E-state index is 12.3. The van der Waals surface area contributed by atoms with E-state index in [4.69, 9.17) is 4.74 Å². The van der Waals surface area contributed by atoms with E-state index in [1.165, 1.54) is 0 Å². The molecule has 1 amide bonds. The molecule has 3 aromatic heterocycles. The van der Waals surface area contributed by atoms with Crippen molar-refractivity contribution >= 4 is 5.91 Å². The summed E-state index contributed by atoms with van der Waals surface area (Å²) >= 11 is 0. The second-order valence-corrected chi connectivity index (χ2v) is 5.06. The first-order valence-corrected chi connectivity index (χ1v) is 7.40. The van der Waals surface area contributed by atoms with Gasteiger partial charge in [0.2, 0.25) is 5.88 Å². The van der Waals surface area contributed by atoms with Crippen LogP contribution in [0.25, 0.3) is 11.3 Å². The van der Waals surface area contributed by atoms with Gasteiger partial charge >= 0.3 is 0 Å². The molecule has 0 unspecified atom stereocenters. The summed E-state index contributed by atoms with van der Waals surface area (Å²) < 4.78 is 5.04. The second kappa shape index (κ2) is 7.32. The van der Waals surface area contributed by atoms with Gasteiger partial charge in [0, 0.05) is 48.5 Å². The third kappa shape index (κ3) is 3.73. The van der Waals surface area contributed by atoms with Crippen LogP contribution in [0.15, 0.2) is 61.2 Å². The largest absolute Gasteiger partial charge is 0.481 e. The van der Waals surface area contributed by atoms with Crippen LogP contribution in [0.2, 0.25) is 0 Å². The molecule has 0 saturated heterocycles. The quantitative estimate of drug-likeness (QED) is 0.781. The number of aromatic nitrogens is 3. The van der Waals surface area contributed by atoms with Crippen molar-refractivity contribution < 1.29 is 9.53 Å². The first-order chi connectivity index (χ1) is 11.8. The van der Waals surface area contributed by atoms with Gasteiger partial charge in [-0.3, -0.25) is 14.8 Å². The summed E-state index contributed by atoms with van der Waals surface area (Å²) in [6.07, 6.45) is 6.70. The molecule has 24 heavy (non-hydrogen) atoms.